The number of rotatable bonds is 5. The molecule has 0 radical (unpaired) electrons. The number of hydrogen-bond acceptors (Lipinski definition) is 5. The number of amides is 2. The van der Waals surface area contributed by atoms with Gasteiger partial charge in [-0.1, -0.05) is 6.07 Å². The molecule has 0 bridgehead atoms. The van der Waals surface area contributed by atoms with Gasteiger partial charge in [0.05, 0.1) is 37.3 Å². The summed E-state index contributed by atoms with van der Waals surface area (Å²) in [5.41, 5.74) is 6.64. The predicted octanol–water partition coefficient (Wildman–Crippen LogP) is 3.17. The van der Waals surface area contributed by atoms with Crippen LogP contribution >= 0.6 is 0 Å². The fourth-order valence-corrected chi connectivity index (χ4v) is 3.57. The van der Waals surface area contributed by atoms with Crippen LogP contribution in [0.2, 0.25) is 0 Å². The van der Waals surface area contributed by atoms with E-state index in [1.807, 2.05) is 46.9 Å². The van der Waals surface area contributed by atoms with E-state index in [0.29, 0.717) is 18.0 Å². The number of carbonyl (C=O) groups is 1. The van der Waals surface area contributed by atoms with Gasteiger partial charge in [0, 0.05) is 24.5 Å². The summed E-state index contributed by atoms with van der Waals surface area (Å²) >= 11 is 0. The summed E-state index contributed by atoms with van der Waals surface area (Å²) in [5, 5.41) is 10.0. The van der Waals surface area contributed by atoms with Crippen LogP contribution in [-0.2, 0) is 13.0 Å². The molecule has 2 amide bonds. The molecule has 0 fully saturated rings. The average molecular weight is 381 g/mol. The summed E-state index contributed by atoms with van der Waals surface area (Å²) in [5.74, 6) is 1.32. The molecule has 1 aliphatic heterocycles. The van der Waals surface area contributed by atoms with E-state index in [4.69, 9.17) is 9.47 Å². The van der Waals surface area contributed by atoms with Crippen LogP contribution in [0.3, 0.4) is 0 Å². The van der Waals surface area contributed by atoms with Gasteiger partial charge in [0.2, 0.25) is 0 Å². The molecule has 0 unspecified atom stereocenters. The monoisotopic (exact) mass is 381 g/mol. The average Bonchev–Trinajstić information content (AvgIpc) is 3.31. The highest BCUT2D eigenvalue weighted by Crippen LogP contribution is 2.37. The number of fused-ring (bicyclic) bond motifs is 2. The molecule has 2 heterocycles. The first-order chi connectivity index (χ1) is 13.6. The first-order valence-electron chi connectivity index (χ1n) is 9.19. The largest absolute Gasteiger partial charge is 0.493 e. The lowest BCUT2D eigenvalue weighted by Gasteiger charge is -2.21. The van der Waals surface area contributed by atoms with Crippen molar-refractivity contribution < 1.29 is 14.3 Å². The fourth-order valence-electron chi connectivity index (χ4n) is 3.57. The Balaban J connectivity index is 1.53. The van der Waals surface area contributed by atoms with Crippen molar-refractivity contribution in [1.29, 1.82) is 0 Å². The number of nitrogens with one attached hydrogen (secondary N) is 2. The van der Waals surface area contributed by atoms with E-state index in [9.17, 15) is 4.79 Å². The Morgan fingerprint density at radius 2 is 2.00 bits per heavy atom. The summed E-state index contributed by atoms with van der Waals surface area (Å²) in [7, 11) is 3.21. The number of ether oxygens (including phenoxy) is 2. The van der Waals surface area contributed by atoms with Crippen LogP contribution in [0.4, 0.5) is 16.2 Å². The van der Waals surface area contributed by atoms with Crippen LogP contribution in [0.5, 0.6) is 11.5 Å². The van der Waals surface area contributed by atoms with Gasteiger partial charge in [0.15, 0.2) is 11.5 Å². The summed E-state index contributed by atoms with van der Waals surface area (Å²) in [6.07, 6.45) is 2.59. The molecule has 8 heteroatoms. The Morgan fingerprint density at radius 1 is 1.21 bits per heavy atom. The van der Waals surface area contributed by atoms with Crippen LogP contribution in [-0.4, -0.2) is 36.6 Å². The quantitative estimate of drug-likeness (QED) is 0.710. The van der Waals surface area contributed by atoms with Crippen molar-refractivity contribution in [3.63, 3.8) is 0 Å². The number of anilines is 2. The van der Waals surface area contributed by atoms with Gasteiger partial charge in [-0.25, -0.2) is 10.2 Å². The molecule has 2 aromatic carbocycles. The third-order valence-electron chi connectivity index (χ3n) is 4.95. The van der Waals surface area contributed by atoms with Crippen molar-refractivity contribution in [1.82, 2.24) is 15.2 Å². The molecule has 28 heavy (non-hydrogen) atoms. The van der Waals surface area contributed by atoms with E-state index in [1.54, 1.807) is 20.4 Å². The maximum absolute atomic E-state index is 12.6. The van der Waals surface area contributed by atoms with Crippen LogP contribution in [0.1, 0.15) is 12.5 Å². The normalized spacial score (nSPS) is 12.8. The molecule has 146 valence electrons. The minimum Gasteiger partial charge on any atom is -0.493 e. The lowest BCUT2D eigenvalue weighted by Crippen LogP contribution is -2.43. The highest BCUT2D eigenvalue weighted by Gasteiger charge is 2.24. The van der Waals surface area contributed by atoms with Gasteiger partial charge in [-0.3, -0.25) is 9.69 Å². The Labute approximate surface area is 163 Å². The maximum Gasteiger partial charge on any atom is 0.338 e. The molecular formula is C20H23N5O3. The zero-order chi connectivity index (χ0) is 19.7. The van der Waals surface area contributed by atoms with E-state index in [1.165, 1.54) is 0 Å². The second kappa shape index (κ2) is 7.30. The molecule has 3 aromatic rings. The van der Waals surface area contributed by atoms with Crippen molar-refractivity contribution >= 4 is 28.3 Å². The maximum atomic E-state index is 12.6. The minimum atomic E-state index is -0.306. The number of hydrazine groups is 1. The van der Waals surface area contributed by atoms with Gasteiger partial charge in [-0.15, -0.1) is 0 Å². The lowest BCUT2D eigenvalue weighted by molar-refractivity contribution is 0.251. The zero-order valence-electron chi connectivity index (χ0n) is 16.2. The van der Waals surface area contributed by atoms with Gasteiger partial charge in [-0.05, 0) is 37.1 Å². The van der Waals surface area contributed by atoms with Crippen LogP contribution in [0.15, 0.2) is 36.5 Å². The van der Waals surface area contributed by atoms with Gasteiger partial charge in [0.25, 0.3) is 0 Å². The van der Waals surface area contributed by atoms with Gasteiger partial charge >= 0.3 is 6.03 Å². The lowest BCUT2D eigenvalue weighted by atomic mass is 10.1. The van der Waals surface area contributed by atoms with Crippen molar-refractivity contribution in [2.75, 3.05) is 31.1 Å². The highest BCUT2D eigenvalue weighted by molar-refractivity contribution is 6.00. The molecule has 2 N–H and O–H groups in total. The predicted molar refractivity (Wildman–Crippen MR) is 108 cm³/mol. The number of nitrogens with zero attached hydrogens (tertiary/aromatic N) is 3. The smallest absolute Gasteiger partial charge is 0.338 e. The van der Waals surface area contributed by atoms with E-state index in [-0.39, 0.29) is 6.03 Å². The third kappa shape index (κ3) is 3.06. The molecule has 1 aromatic heterocycles. The van der Waals surface area contributed by atoms with Crippen LogP contribution < -0.4 is 25.2 Å². The van der Waals surface area contributed by atoms with Crippen LogP contribution in [0, 0.1) is 0 Å². The minimum absolute atomic E-state index is 0.306. The van der Waals surface area contributed by atoms with Gasteiger partial charge in [-0.2, -0.15) is 5.10 Å². The van der Waals surface area contributed by atoms with Crippen molar-refractivity contribution in [2.45, 2.75) is 19.9 Å². The third-order valence-corrected chi connectivity index (χ3v) is 4.95. The number of methoxy groups -OCH3 is 2. The molecule has 0 spiro atoms. The Kier molecular flexibility index (Phi) is 4.68. The molecule has 0 saturated heterocycles. The Morgan fingerprint density at radius 3 is 2.75 bits per heavy atom. The summed E-state index contributed by atoms with van der Waals surface area (Å²) < 4.78 is 12.6. The fraction of sp³-hybridized carbons (Fsp3) is 0.300. The molecule has 0 saturated carbocycles. The van der Waals surface area contributed by atoms with E-state index in [0.717, 1.165) is 40.8 Å². The van der Waals surface area contributed by atoms with Crippen LogP contribution in [0.25, 0.3) is 10.9 Å². The second-order valence-electron chi connectivity index (χ2n) is 6.50. The second-order valence-corrected chi connectivity index (χ2v) is 6.50. The molecule has 4 rings (SSSR count). The number of hydrogen-bond donors (Lipinski definition) is 2. The Bertz CT molecular complexity index is 1030. The number of carbonyl (C=O) groups excluding carboxylic acids is 1. The summed E-state index contributed by atoms with van der Waals surface area (Å²) in [4.78, 5) is 12.6. The van der Waals surface area contributed by atoms with Gasteiger partial charge in [0.1, 0.15) is 0 Å². The van der Waals surface area contributed by atoms with Crippen molar-refractivity contribution in [3.05, 3.63) is 42.1 Å². The Hall–Kier alpha value is -3.42. The molecule has 8 nitrogen and oxygen atoms in total. The van der Waals surface area contributed by atoms with Gasteiger partial charge < -0.3 is 14.8 Å². The molecular weight excluding hydrogens is 358 g/mol. The summed E-state index contributed by atoms with van der Waals surface area (Å²) in [6.45, 7) is 3.49. The number of urea groups is 1. The number of aromatic nitrogens is 2. The SMILES string of the molecule is CCn1ncc2c(NC(=O)NN3CCc4cc(OC)c(OC)cc43)cccc21. The standard InChI is InChI=1S/C20H23N5O3/c1-4-24-16-7-5-6-15(14(16)12-21-24)22-20(26)23-25-9-8-13-10-18(27-2)19(28-3)11-17(13)25/h5-7,10-12H,4,8-9H2,1-3H3,(H2,22,23,26). The first-order valence-corrected chi connectivity index (χ1v) is 9.19. The molecule has 0 aliphatic carbocycles. The van der Waals surface area contributed by atoms with Crippen molar-refractivity contribution in [2.24, 2.45) is 0 Å². The molecule has 1 aliphatic rings. The number of benzene rings is 2. The highest BCUT2D eigenvalue weighted by atomic mass is 16.5. The zero-order valence-corrected chi connectivity index (χ0v) is 16.2. The van der Waals surface area contributed by atoms with Crippen molar-refractivity contribution in [3.8, 4) is 11.5 Å². The molecule has 0 atom stereocenters. The van der Waals surface area contributed by atoms with E-state index >= 15 is 0 Å². The summed E-state index contributed by atoms with van der Waals surface area (Å²) in [6, 6.07) is 9.30. The first kappa shape index (κ1) is 18.0. The van der Waals surface area contributed by atoms with E-state index in [2.05, 4.69) is 15.8 Å². The topological polar surface area (TPSA) is 80.7 Å². The number of aryl methyl sites for hydroxylation is 1. The van der Waals surface area contributed by atoms with E-state index < -0.39 is 0 Å².